The van der Waals surface area contributed by atoms with E-state index in [1.807, 2.05) is 12.4 Å². The third-order valence-electron chi connectivity index (χ3n) is 8.87. The van der Waals surface area contributed by atoms with E-state index in [1.165, 1.54) is 19.2 Å². The van der Waals surface area contributed by atoms with Gasteiger partial charge < -0.3 is 10.6 Å². The number of halogens is 4. The second-order valence-corrected chi connectivity index (χ2v) is 11.4. The smallest absolute Gasteiger partial charge is 0.323 e. The number of piperidine rings is 1. The molecule has 1 saturated carbocycles. The number of carbonyl (C=O) groups excluding carboxylic acids is 1. The van der Waals surface area contributed by atoms with Crippen LogP contribution in [0, 0.1) is 0 Å². The fourth-order valence-corrected chi connectivity index (χ4v) is 6.26. The Morgan fingerprint density at radius 3 is 2.41 bits per heavy atom. The van der Waals surface area contributed by atoms with Crippen molar-refractivity contribution >= 4 is 23.2 Å². The summed E-state index contributed by atoms with van der Waals surface area (Å²) in [4.78, 5) is 18.5. The van der Waals surface area contributed by atoms with E-state index >= 15 is 0 Å². The van der Waals surface area contributed by atoms with Gasteiger partial charge >= 0.3 is 6.18 Å². The molecular formula is C26H32ClF3N6O. The molecule has 1 aromatic carbocycles. The van der Waals surface area contributed by atoms with Crippen molar-refractivity contribution in [2.24, 2.45) is 0 Å². The Labute approximate surface area is 219 Å². The van der Waals surface area contributed by atoms with Crippen molar-refractivity contribution in [3.63, 3.8) is 0 Å². The number of benzene rings is 1. The normalized spacial score (nSPS) is 23.8. The number of aromatic nitrogens is 2. The molecule has 3 aliphatic heterocycles. The summed E-state index contributed by atoms with van der Waals surface area (Å²) >= 11 is 6.08. The topological polar surface area (TPSA) is 65.4 Å². The van der Waals surface area contributed by atoms with Crippen LogP contribution in [-0.4, -0.2) is 76.8 Å². The number of anilines is 1. The molecule has 1 amide bonds. The second kappa shape index (κ2) is 9.55. The highest BCUT2D eigenvalue weighted by molar-refractivity contribution is 6.33. The number of amides is 1. The van der Waals surface area contributed by atoms with E-state index < -0.39 is 17.3 Å². The molecule has 4 fully saturated rings. The Bertz CT molecular complexity index is 1150. The molecule has 7 nitrogen and oxygen atoms in total. The van der Waals surface area contributed by atoms with Crippen LogP contribution in [0.4, 0.5) is 18.9 Å². The number of rotatable bonds is 6. The first-order valence-electron chi connectivity index (χ1n) is 13.1. The van der Waals surface area contributed by atoms with Crippen LogP contribution in [0.2, 0.25) is 5.02 Å². The largest absolute Gasteiger partial charge is 0.416 e. The first kappa shape index (κ1) is 25.2. The van der Waals surface area contributed by atoms with E-state index in [4.69, 9.17) is 11.6 Å². The van der Waals surface area contributed by atoms with Crippen molar-refractivity contribution in [3.05, 3.63) is 46.7 Å². The summed E-state index contributed by atoms with van der Waals surface area (Å²) in [6, 6.07) is 4.38. The Hall–Kier alpha value is -2.14. The predicted molar refractivity (Wildman–Crippen MR) is 135 cm³/mol. The lowest BCUT2D eigenvalue weighted by Gasteiger charge is -2.52. The van der Waals surface area contributed by atoms with Gasteiger partial charge in [-0.1, -0.05) is 11.6 Å². The predicted octanol–water partition coefficient (Wildman–Crippen LogP) is 3.91. The number of nitrogens with one attached hydrogen (secondary N) is 2. The van der Waals surface area contributed by atoms with Gasteiger partial charge in [0.15, 0.2) is 0 Å². The van der Waals surface area contributed by atoms with Gasteiger partial charge in [-0.25, -0.2) is 0 Å². The van der Waals surface area contributed by atoms with E-state index in [-0.39, 0.29) is 16.6 Å². The molecule has 2 N–H and O–H groups in total. The Morgan fingerprint density at radius 1 is 1.11 bits per heavy atom. The van der Waals surface area contributed by atoms with Gasteiger partial charge in [0, 0.05) is 44.5 Å². The van der Waals surface area contributed by atoms with Crippen molar-refractivity contribution in [1.82, 2.24) is 24.9 Å². The standard InChI is InChI=1S/C26H32ClF3N6O/c27-22-10-19(26(28,29)30)2-3-23(22)33-24(37)25(6-1-7-25)36-14-18(11-32-36)17-4-8-34(9-5-17)21-15-35(16-21)20-12-31-13-20/h2-3,10-11,14,17,20-21,31H,1,4-9,12-13,15-16H2,(H,33,37). The van der Waals surface area contributed by atoms with E-state index in [1.54, 1.807) is 4.68 Å². The van der Waals surface area contributed by atoms with Crippen molar-refractivity contribution in [1.29, 1.82) is 0 Å². The van der Waals surface area contributed by atoms with Crippen molar-refractivity contribution in [3.8, 4) is 0 Å². The average molecular weight is 537 g/mol. The fraction of sp³-hybridized carbons (Fsp3) is 0.615. The molecule has 0 atom stereocenters. The van der Waals surface area contributed by atoms with Gasteiger partial charge in [-0.15, -0.1) is 0 Å². The molecule has 3 saturated heterocycles. The monoisotopic (exact) mass is 536 g/mol. The highest BCUT2D eigenvalue weighted by Gasteiger charge is 2.47. The first-order chi connectivity index (χ1) is 17.7. The van der Waals surface area contributed by atoms with Crippen LogP contribution >= 0.6 is 11.6 Å². The van der Waals surface area contributed by atoms with Gasteiger partial charge in [0.05, 0.1) is 22.5 Å². The zero-order chi connectivity index (χ0) is 25.8. The average Bonchev–Trinajstić information content (AvgIpc) is 3.25. The van der Waals surface area contributed by atoms with E-state index in [9.17, 15) is 18.0 Å². The number of hydrogen-bond acceptors (Lipinski definition) is 5. The minimum Gasteiger partial charge on any atom is -0.323 e. The maximum Gasteiger partial charge on any atom is 0.416 e. The zero-order valence-corrected chi connectivity index (χ0v) is 21.4. The minimum atomic E-state index is -4.49. The second-order valence-electron chi connectivity index (χ2n) is 11.0. The van der Waals surface area contributed by atoms with Crippen LogP contribution in [-0.2, 0) is 16.5 Å². The Morgan fingerprint density at radius 2 is 1.84 bits per heavy atom. The first-order valence-corrected chi connectivity index (χ1v) is 13.5. The van der Waals surface area contributed by atoms with Crippen LogP contribution < -0.4 is 10.6 Å². The summed E-state index contributed by atoms with van der Waals surface area (Å²) in [6.45, 7) is 6.75. The molecule has 2 aromatic rings. The molecule has 11 heteroatoms. The number of hydrogen-bond donors (Lipinski definition) is 2. The van der Waals surface area contributed by atoms with Gasteiger partial charge in [-0.3, -0.25) is 19.3 Å². The lowest BCUT2D eigenvalue weighted by molar-refractivity contribution is -0.137. The number of alkyl halides is 3. The van der Waals surface area contributed by atoms with E-state index in [0.29, 0.717) is 24.8 Å². The zero-order valence-electron chi connectivity index (χ0n) is 20.6. The van der Waals surface area contributed by atoms with E-state index in [0.717, 1.165) is 69.2 Å². The number of nitrogens with zero attached hydrogens (tertiary/aromatic N) is 4. The molecule has 4 aliphatic rings. The van der Waals surface area contributed by atoms with Gasteiger partial charge in [0.2, 0.25) is 0 Å². The van der Waals surface area contributed by atoms with Crippen LogP contribution in [0.15, 0.2) is 30.6 Å². The van der Waals surface area contributed by atoms with Crippen LogP contribution in [0.1, 0.15) is 49.1 Å². The van der Waals surface area contributed by atoms with Crippen LogP contribution in [0.5, 0.6) is 0 Å². The van der Waals surface area contributed by atoms with Gasteiger partial charge in [0.1, 0.15) is 5.54 Å². The summed E-state index contributed by atoms with van der Waals surface area (Å²) in [5.74, 6) is 0.127. The summed E-state index contributed by atoms with van der Waals surface area (Å²) in [5.41, 5.74) is -0.352. The molecule has 0 radical (unpaired) electrons. The van der Waals surface area contributed by atoms with Crippen molar-refractivity contribution in [2.45, 2.75) is 61.8 Å². The van der Waals surface area contributed by atoms with Crippen molar-refractivity contribution < 1.29 is 18.0 Å². The van der Waals surface area contributed by atoms with Crippen molar-refractivity contribution in [2.75, 3.05) is 44.6 Å². The van der Waals surface area contributed by atoms with Crippen LogP contribution in [0.3, 0.4) is 0 Å². The minimum absolute atomic E-state index is 0.135. The number of likely N-dealkylation sites (tertiary alicyclic amines) is 2. The molecule has 1 aromatic heterocycles. The molecule has 0 spiro atoms. The maximum atomic E-state index is 13.3. The molecular weight excluding hydrogens is 505 g/mol. The molecule has 6 rings (SSSR count). The quantitative estimate of drug-likeness (QED) is 0.586. The molecule has 37 heavy (non-hydrogen) atoms. The third-order valence-corrected chi connectivity index (χ3v) is 9.19. The molecule has 200 valence electrons. The summed E-state index contributed by atoms with van der Waals surface area (Å²) in [6.07, 6.45) is 3.69. The number of carbonyl (C=O) groups is 1. The lowest BCUT2D eigenvalue weighted by atomic mass is 9.76. The molecule has 0 unspecified atom stereocenters. The molecule has 4 heterocycles. The lowest BCUT2D eigenvalue weighted by Crippen LogP contribution is -2.69. The SMILES string of the molecule is O=C(Nc1ccc(C(F)(F)F)cc1Cl)C1(n2cc(C3CCN(C4CN(C5CNC5)C4)CC3)cn2)CCC1. The molecule has 1 aliphatic carbocycles. The van der Waals surface area contributed by atoms with Crippen LogP contribution in [0.25, 0.3) is 0 Å². The third kappa shape index (κ3) is 4.66. The highest BCUT2D eigenvalue weighted by atomic mass is 35.5. The van der Waals surface area contributed by atoms with E-state index in [2.05, 4.69) is 25.5 Å². The Balaban J connectivity index is 1.07. The summed E-state index contributed by atoms with van der Waals surface area (Å²) < 4.78 is 40.7. The van der Waals surface area contributed by atoms with Gasteiger partial charge in [-0.05, 0) is 74.9 Å². The van der Waals surface area contributed by atoms with Gasteiger partial charge in [0.25, 0.3) is 5.91 Å². The van der Waals surface area contributed by atoms with Gasteiger partial charge in [-0.2, -0.15) is 18.3 Å². The summed E-state index contributed by atoms with van der Waals surface area (Å²) in [7, 11) is 0. The maximum absolute atomic E-state index is 13.3. The highest BCUT2D eigenvalue weighted by Crippen LogP contribution is 2.42. The Kier molecular flexibility index (Phi) is 6.50. The molecule has 0 bridgehead atoms. The fourth-order valence-electron chi connectivity index (χ4n) is 6.03. The summed E-state index contributed by atoms with van der Waals surface area (Å²) in [5, 5.41) is 10.6.